The fourth-order valence-electron chi connectivity index (χ4n) is 10.5. The Kier molecular flexibility index (Phi) is 8.23. The van der Waals surface area contributed by atoms with E-state index in [9.17, 15) is 0 Å². The van der Waals surface area contributed by atoms with Crippen molar-refractivity contribution in [1.82, 2.24) is 19.5 Å². The zero-order chi connectivity index (χ0) is 45.9. The molecule has 0 unspecified atom stereocenters. The monoisotopic (exact) mass is 896 g/mol. The van der Waals surface area contributed by atoms with Crippen molar-refractivity contribution in [1.29, 1.82) is 0 Å². The van der Waals surface area contributed by atoms with Crippen LogP contribution in [0.4, 0.5) is 0 Å². The highest BCUT2D eigenvalue weighted by Crippen LogP contribution is 2.42. The maximum atomic E-state index is 6.62. The maximum Gasteiger partial charge on any atom is 0.164 e. The molecule has 5 heterocycles. The molecule has 0 spiro atoms. The molecule has 0 saturated heterocycles. The lowest BCUT2D eigenvalue weighted by atomic mass is 9.99. The third kappa shape index (κ3) is 5.98. The topological polar surface area (TPSA) is 83.0 Å². The minimum Gasteiger partial charge on any atom is -0.456 e. The van der Waals surface area contributed by atoms with Crippen molar-refractivity contribution in [2.75, 3.05) is 0 Å². The van der Waals surface area contributed by atoms with Gasteiger partial charge in [-0.05, 0) is 107 Å². The Labute approximate surface area is 399 Å². The maximum absolute atomic E-state index is 6.62. The van der Waals surface area contributed by atoms with Crippen LogP contribution < -0.4 is 0 Å². The Bertz CT molecular complexity index is 4470. The van der Waals surface area contributed by atoms with Crippen LogP contribution in [0.5, 0.6) is 0 Å². The van der Waals surface area contributed by atoms with Gasteiger partial charge in [-0.1, -0.05) is 133 Å². The second kappa shape index (κ2) is 15.0. The summed E-state index contributed by atoms with van der Waals surface area (Å²) < 4.78 is 21.7. The summed E-state index contributed by atoms with van der Waals surface area (Å²) in [4.78, 5) is 15.7. The molecular weight excluding hydrogens is 861 g/mol. The molecule has 0 bridgehead atoms. The van der Waals surface area contributed by atoms with Gasteiger partial charge >= 0.3 is 0 Å². The quantitative estimate of drug-likeness (QED) is 0.165. The fourth-order valence-corrected chi connectivity index (χ4v) is 10.5. The van der Waals surface area contributed by atoms with Crippen LogP contribution in [-0.2, 0) is 0 Å². The van der Waals surface area contributed by atoms with Crippen LogP contribution in [0.1, 0.15) is 0 Å². The first kappa shape index (κ1) is 38.5. The van der Waals surface area contributed by atoms with E-state index >= 15 is 0 Å². The number of fused-ring (bicyclic) bond motifs is 12. The molecule has 5 aromatic heterocycles. The molecule has 0 aliphatic heterocycles. The first-order chi connectivity index (χ1) is 34.6. The summed E-state index contributed by atoms with van der Waals surface area (Å²) in [6.07, 6.45) is 0. The van der Waals surface area contributed by atoms with E-state index in [-0.39, 0.29) is 0 Å². The van der Waals surface area contributed by atoms with E-state index < -0.39 is 0 Å². The summed E-state index contributed by atoms with van der Waals surface area (Å²) in [6.45, 7) is 0. The summed E-state index contributed by atoms with van der Waals surface area (Å²) in [7, 11) is 0. The van der Waals surface area contributed by atoms with Gasteiger partial charge in [0, 0.05) is 65.5 Å². The van der Waals surface area contributed by atoms with E-state index in [1.54, 1.807) is 0 Å². The van der Waals surface area contributed by atoms with Gasteiger partial charge < -0.3 is 17.8 Å². The van der Waals surface area contributed by atoms with Crippen molar-refractivity contribution in [2.24, 2.45) is 0 Å². The molecular formula is C63H36N4O3. The van der Waals surface area contributed by atoms with E-state index in [4.69, 9.17) is 28.2 Å². The Balaban J connectivity index is 0.910. The number of rotatable bonds is 6. The minimum atomic E-state index is 0.524. The highest BCUT2D eigenvalue weighted by molar-refractivity contribution is 6.15. The predicted molar refractivity (Wildman–Crippen MR) is 283 cm³/mol. The molecule has 0 aliphatic rings. The highest BCUT2D eigenvalue weighted by atomic mass is 16.3. The molecule has 15 aromatic rings. The lowest BCUT2D eigenvalue weighted by Crippen LogP contribution is -2.00. The number of hydrogen-bond donors (Lipinski definition) is 0. The molecule has 7 nitrogen and oxygen atoms in total. The number of para-hydroxylation sites is 3. The van der Waals surface area contributed by atoms with Crippen LogP contribution >= 0.6 is 0 Å². The van der Waals surface area contributed by atoms with E-state index in [2.05, 4.69) is 162 Å². The van der Waals surface area contributed by atoms with Crippen molar-refractivity contribution < 1.29 is 13.3 Å². The predicted octanol–water partition coefficient (Wildman–Crippen LogP) is 17.0. The molecule has 10 aromatic carbocycles. The largest absolute Gasteiger partial charge is 0.456 e. The Morgan fingerprint density at radius 1 is 0.271 bits per heavy atom. The average molecular weight is 897 g/mol. The molecule has 326 valence electrons. The molecule has 7 heteroatoms. The first-order valence-electron chi connectivity index (χ1n) is 23.4. The normalized spacial score (nSPS) is 12.0. The number of benzene rings is 10. The third-order valence-electron chi connectivity index (χ3n) is 13.9. The lowest BCUT2D eigenvalue weighted by Gasteiger charge is -2.10. The molecule has 70 heavy (non-hydrogen) atoms. The third-order valence-corrected chi connectivity index (χ3v) is 13.9. The average Bonchev–Trinajstić information content (AvgIpc) is 4.19. The molecule has 15 rings (SSSR count). The summed E-state index contributed by atoms with van der Waals surface area (Å²) >= 11 is 0. The number of nitrogens with zero attached hydrogens (tertiary/aromatic N) is 4. The van der Waals surface area contributed by atoms with Crippen LogP contribution in [0.3, 0.4) is 0 Å². The second-order valence-electron chi connectivity index (χ2n) is 17.9. The van der Waals surface area contributed by atoms with Gasteiger partial charge in [0.2, 0.25) is 0 Å². The first-order valence-corrected chi connectivity index (χ1v) is 23.4. The number of aromatic nitrogens is 4. The van der Waals surface area contributed by atoms with Crippen LogP contribution in [0.15, 0.2) is 232 Å². The van der Waals surface area contributed by atoms with Gasteiger partial charge in [-0.3, -0.25) is 0 Å². The van der Waals surface area contributed by atoms with Crippen LogP contribution in [-0.4, -0.2) is 19.5 Å². The van der Waals surface area contributed by atoms with Gasteiger partial charge in [-0.25, -0.2) is 15.0 Å². The minimum absolute atomic E-state index is 0.524. The van der Waals surface area contributed by atoms with E-state index in [0.29, 0.717) is 17.5 Å². The van der Waals surface area contributed by atoms with Crippen molar-refractivity contribution in [3.05, 3.63) is 218 Å². The molecule has 0 atom stereocenters. The number of furan rings is 3. The lowest BCUT2D eigenvalue weighted by molar-refractivity contribution is 0.668. The molecule has 0 amide bonds. The van der Waals surface area contributed by atoms with Gasteiger partial charge in [-0.15, -0.1) is 0 Å². The van der Waals surface area contributed by atoms with Gasteiger partial charge in [0.1, 0.15) is 33.5 Å². The van der Waals surface area contributed by atoms with Crippen molar-refractivity contribution >= 4 is 87.6 Å². The van der Waals surface area contributed by atoms with Crippen molar-refractivity contribution in [2.45, 2.75) is 0 Å². The zero-order valence-corrected chi connectivity index (χ0v) is 37.3. The van der Waals surface area contributed by atoms with E-state index in [1.165, 1.54) is 21.9 Å². The summed E-state index contributed by atoms with van der Waals surface area (Å²) in [5, 5.41) is 8.49. The zero-order valence-electron chi connectivity index (χ0n) is 37.3. The molecule has 0 aliphatic carbocycles. The molecule has 0 saturated carbocycles. The van der Waals surface area contributed by atoms with Crippen molar-refractivity contribution in [3.8, 4) is 62.1 Å². The summed E-state index contributed by atoms with van der Waals surface area (Å²) in [6, 6.07) is 75.9. The summed E-state index contributed by atoms with van der Waals surface area (Å²) in [5.74, 6) is 1.57. The van der Waals surface area contributed by atoms with Crippen LogP contribution in [0, 0.1) is 0 Å². The smallest absolute Gasteiger partial charge is 0.164 e. The SMILES string of the molecule is c1ccc(-c2ccc3c(c2)c2ccc(-c4ccc5oc6cccc(-c7nc(-c8ccc9c(c8)oc8ccccc89)nc(-c8ccc9c(c8)oc8ccccc89)n7)c6c5c4)cc2n3-c2ccccc2)cc1. The standard InChI is InChI=1S/C63H36N4O3/c1-3-12-37(13-4-1)38-25-30-52-50(32-38)44-27-22-40(34-53(44)67(52)43-14-5-2-6-15-43)39-26-31-56-51(33-39)60-49(18-11-21-57(60)68-56)63-65-61(41-23-28-47-45-16-7-9-19-54(45)69-58(47)35-41)64-62(66-63)42-24-29-48-46-17-8-10-20-55(46)70-59(48)36-42/h1-36H. The second-order valence-corrected chi connectivity index (χ2v) is 17.9. The number of hydrogen-bond acceptors (Lipinski definition) is 6. The Hall–Kier alpha value is -9.59. The molecule has 0 N–H and O–H groups in total. The molecule has 0 fully saturated rings. The Morgan fingerprint density at radius 3 is 1.49 bits per heavy atom. The van der Waals surface area contributed by atoms with Gasteiger partial charge in [0.25, 0.3) is 0 Å². The summed E-state index contributed by atoms with van der Waals surface area (Å²) in [5.41, 5.74) is 15.1. The molecule has 0 radical (unpaired) electrons. The van der Waals surface area contributed by atoms with E-state index in [0.717, 1.165) is 110 Å². The van der Waals surface area contributed by atoms with Gasteiger partial charge in [-0.2, -0.15) is 0 Å². The van der Waals surface area contributed by atoms with Crippen LogP contribution in [0.2, 0.25) is 0 Å². The Morgan fingerprint density at radius 2 is 0.771 bits per heavy atom. The van der Waals surface area contributed by atoms with Crippen molar-refractivity contribution in [3.63, 3.8) is 0 Å². The van der Waals surface area contributed by atoms with Gasteiger partial charge in [0.05, 0.1) is 11.0 Å². The van der Waals surface area contributed by atoms with Crippen LogP contribution in [0.25, 0.3) is 150 Å². The highest BCUT2D eigenvalue weighted by Gasteiger charge is 2.21. The van der Waals surface area contributed by atoms with Gasteiger partial charge in [0.15, 0.2) is 17.5 Å². The fraction of sp³-hybridized carbons (Fsp3) is 0. The van der Waals surface area contributed by atoms with E-state index in [1.807, 2.05) is 60.7 Å².